The fraction of sp³-hybridized carbons (Fsp3) is 0.778. The lowest BCUT2D eigenvalue weighted by molar-refractivity contribution is 0.152. The quantitative estimate of drug-likeness (QED) is 0.771. The van der Waals surface area contributed by atoms with Gasteiger partial charge in [0.25, 0.3) is 0 Å². The zero-order valence-electron chi connectivity index (χ0n) is 7.73. The molecule has 13 heavy (non-hydrogen) atoms. The number of hydrogen-bond acceptors (Lipinski definition) is 4. The van der Waals surface area contributed by atoms with Gasteiger partial charge < -0.3 is 9.63 Å². The van der Waals surface area contributed by atoms with E-state index in [4.69, 9.17) is 4.52 Å². The van der Waals surface area contributed by atoms with Crippen LogP contribution in [0.15, 0.2) is 4.52 Å². The van der Waals surface area contributed by atoms with Crippen molar-refractivity contribution in [1.82, 2.24) is 10.1 Å². The molecule has 1 aromatic heterocycles. The van der Waals surface area contributed by atoms with E-state index in [1.165, 1.54) is 0 Å². The van der Waals surface area contributed by atoms with Crippen molar-refractivity contribution in [1.29, 1.82) is 0 Å². The third-order valence-corrected chi connectivity index (χ3v) is 2.24. The summed E-state index contributed by atoms with van der Waals surface area (Å²) >= 11 is 0. The van der Waals surface area contributed by atoms with Crippen LogP contribution in [-0.2, 0) is 0 Å². The standard InChI is InChI=1S/C9H14N2O2/c1-2-3-7(12)8-10-9(13-11-8)6-4-5-6/h6-7,12H,2-5H2,1H3. The summed E-state index contributed by atoms with van der Waals surface area (Å²) in [5.41, 5.74) is 0. The lowest BCUT2D eigenvalue weighted by atomic mass is 10.2. The van der Waals surface area contributed by atoms with Crippen LogP contribution in [0.5, 0.6) is 0 Å². The predicted molar refractivity (Wildman–Crippen MR) is 46.1 cm³/mol. The minimum atomic E-state index is -0.554. The molecule has 1 atom stereocenters. The van der Waals surface area contributed by atoms with Crippen molar-refractivity contribution in [3.05, 3.63) is 11.7 Å². The second kappa shape index (κ2) is 3.46. The molecule has 1 saturated carbocycles. The zero-order valence-corrected chi connectivity index (χ0v) is 7.73. The molecule has 0 bridgehead atoms. The van der Waals surface area contributed by atoms with E-state index in [0.29, 0.717) is 24.1 Å². The maximum absolute atomic E-state index is 9.55. The van der Waals surface area contributed by atoms with Crippen LogP contribution in [0.1, 0.15) is 56.3 Å². The largest absolute Gasteiger partial charge is 0.385 e. The SMILES string of the molecule is CCCC(O)c1noc(C2CC2)n1. The molecular formula is C9H14N2O2. The minimum absolute atomic E-state index is 0.448. The van der Waals surface area contributed by atoms with Gasteiger partial charge in [0, 0.05) is 5.92 Å². The topological polar surface area (TPSA) is 59.2 Å². The number of rotatable bonds is 4. The molecule has 1 fully saturated rings. The van der Waals surface area contributed by atoms with Gasteiger partial charge in [0.1, 0.15) is 6.10 Å². The highest BCUT2D eigenvalue weighted by Crippen LogP contribution is 2.39. The summed E-state index contributed by atoms with van der Waals surface area (Å²) in [5, 5.41) is 13.3. The van der Waals surface area contributed by atoms with Crippen molar-refractivity contribution < 1.29 is 9.63 Å². The molecule has 1 heterocycles. The van der Waals surface area contributed by atoms with Crippen molar-refractivity contribution in [2.45, 2.75) is 44.6 Å². The van der Waals surface area contributed by atoms with Gasteiger partial charge in [-0.25, -0.2) is 0 Å². The van der Waals surface area contributed by atoms with Gasteiger partial charge in [0.05, 0.1) is 0 Å². The number of hydrogen-bond donors (Lipinski definition) is 1. The molecule has 0 saturated heterocycles. The Hall–Kier alpha value is -0.900. The van der Waals surface area contributed by atoms with Gasteiger partial charge in [-0.2, -0.15) is 4.98 Å². The Morgan fingerprint density at radius 1 is 1.62 bits per heavy atom. The van der Waals surface area contributed by atoms with Crippen LogP contribution in [-0.4, -0.2) is 15.2 Å². The molecule has 1 unspecified atom stereocenters. The number of nitrogens with zero attached hydrogens (tertiary/aromatic N) is 2. The molecule has 1 aromatic rings. The first kappa shape index (κ1) is 8.69. The summed E-state index contributed by atoms with van der Waals surface area (Å²) in [6, 6.07) is 0. The van der Waals surface area contributed by atoms with Gasteiger partial charge in [-0.15, -0.1) is 0 Å². The Morgan fingerprint density at radius 3 is 3.00 bits per heavy atom. The zero-order chi connectivity index (χ0) is 9.26. The fourth-order valence-electron chi connectivity index (χ4n) is 1.28. The minimum Gasteiger partial charge on any atom is -0.385 e. The third kappa shape index (κ3) is 1.88. The third-order valence-electron chi connectivity index (χ3n) is 2.24. The van der Waals surface area contributed by atoms with E-state index in [-0.39, 0.29) is 0 Å². The molecule has 0 radical (unpaired) electrons. The molecule has 72 valence electrons. The molecule has 1 aliphatic carbocycles. The lowest BCUT2D eigenvalue weighted by Crippen LogP contribution is -1.99. The van der Waals surface area contributed by atoms with Crippen molar-refractivity contribution in [3.63, 3.8) is 0 Å². The highest BCUT2D eigenvalue weighted by Gasteiger charge is 2.30. The molecule has 1 N–H and O–H groups in total. The van der Waals surface area contributed by atoms with E-state index >= 15 is 0 Å². The van der Waals surface area contributed by atoms with Crippen LogP contribution in [0.3, 0.4) is 0 Å². The van der Waals surface area contributed by atoms with Crippen molar-refractivity contribution in [3.8, 4) is 0 Å². The Balaban J connectivity index is 2.03. The Morgan fingerprint density at radius 2 is 2.38 bits per heavy atom. The number of aromatic nitrogens is 2. The number of aliphatic hydroxyl groups is 1. The van der Waals surface area contributed by atoms with Gasteiger partial charge in [0.15, 0.2) is 5.82 Å². The van der Waals surface area contributed by atoms with Crippen LogP contribution < -0.4 is 0 Å². The lowest BCUT2D eigenvalue weighted by Gasteiger charge is -2.00. The van der Waals surface area contributed by atoms with Crippen LogP contribution in [0.4, 0.5) is 0 Å². The van der Waals surface area contributed by atoms with E-state index in [2.05, 4.69) is 10.1 Å². The summed E-state index contributed by atoms with van der Waals surface area (Å²) in [5.74, 6) is 1.61. The number of aliphatic hydroxyl groups excluding tert-OH is 1. The summed E-state index contributed by atoms with van der Waals surface area (Å²) < 4.78 is 5.03. The van der Waals surface area contributed by atoms with E-state index in [9.17, 15) is 5.11 Å². The van der Waals surface area contributed by atoms with E-state index in [0.717, 1.165) is 19.3 Å². The van der Waals surface area contributed by atoms with Crippen molar-refractivity contribution in [2.75, 3.05) is 0 Å². The molecular weight excluding hydrogens is 168 g/mol. The average molecular weight is 182 g/mol. The van der Waals surface area contributed by atoms with Gasteiger partial charge in [-0.3, -0.25) is 0 Å². The molecule has 0 aliphatic heterocycles. The smallest absolute Gasteiger partial charge is 0.229 e. The first-order chi connectivity index (χ1) is 6.31. The van der Waals surface area contributed by atoms with Gasteiger partial charge in [-0.05, 0) is 19.3 Å². The molecule has 1 aliphatic rings. The second-order valence-corrected chi connectivity index (χ2v) is 3.57. The van der Waals surface area contributed by atoms with Crippen molar-refractivity contribution >= 4 is 0 Å². The average Bonchev–Trinajstić information content (AvgIpc) is 2.84. The molecule has 0 aromatic carbocycles. The summed E-state index contributed by atoms with van der Waals surface area (Å²) in [7, 11) is 0. The molecule has 4 nitrogen and oxygen atoms in total. The highest BCUT2D eigenvalue weighted by atomic mass is 16.5. The van der Waals surface area contributed by atoms with Crippen molar-refractivity contribution in [2.24, 2.45) is 0 Å². The van der Waals surface area contributed by atoms with E-state index in [1.807, 2.05) is 6.92 Å². The molecule has 0 amide bonds. The first-order valence-electron chi connectivity index (χ1n) is 4.82. The van der Waals surface area contributed by atoms with Crippen LogP contribution in [0.25, 0.3) is 0 Å². The summed E-state index contributed by atoms with van der Waals surface area (Å²) in [6.45, 7) is 2.02. The van der Waals surface area contributed by atoms with Gasteiger partial charge in [0.2, 0.25) is 5.89 Å². The van der Waals surface area contributed by atoms with E-state index in [1.54, 1.807) is 0 Å². The fourth-order valence-corrected chi connectivity index (χ4v) is 1.28. The van der Waals surface area contributed by atoms with Crippen LogP contribution in [0.2, 0.25) is 0 Å². The Bertz CT molecular complexity index is 281. The summed E-state index contributed by atoms with van der Waals surface area (Å²) in [6.07, 6.45) is 3.36. The molecule has 0 spiro atoms. The summed E-state index contributed by atoms with van der Waals surface area (Å²) in [4.78, 5) is 4.16. The van der Waals surface area contributed by atoms with Crippen LogP contribution in [0, 0.1) is 0 Å². The van der Waals surface area contributed by atoms with E-state index < -0.39 is 6.10 Å². The molecule has 4 heteroatoms. The van der Waals surface area contributed by atoms with Crippen LogP contribution >= 0.6 is 0 Å². The van der Waals surface area contributed by atoms with Gasteiger partial charge in [-0.1, -0.05) is 18.5 Å². The molecule has 2 rings (SSSR count). The Kier molecular flexibility index (Phi) is 2.31. The van der Waals surface area contributed by atoms with Gasteiger partial charge >= 0.3 is 0 Å². The monoisotopic (exact) mass is 182 g/mol. The maximum atomic E-state index is 9.55. The first-order valence-corrected chi connectivity index (χ1v) is 4.82. The highest BCUT2D eigenvalue weighted by molar-refractivity contribution is 5.02. The second-order valence-electron chi connectivity index (χ2n) is 3.57. The predicted octanol–water partition coefficient (Wildman–Crippen LogP) is 1.78. The normalized spacial score (nSPS) is 18.9. The Labute approximate surface area is 77.0 Å². The maximum Gasteiger partial charge on any atom is 0.229 e.